The van der Waals surface area contributed by atoms with E-state index in [4.69, 9.17) is 5.84 Å². The molecule has 3 nitrogen and oxygen atoms in total. The zero-order chi connectivity index (χ0) is 13.2. The average molecular weight is 243 g/mol. The third-order valence-electron chi connectivity index (χ3n) is 2.34. The molecule has 1 rings (SSSR count). The Morgan fingerprint density at radius 1 is 1.24 bits per heavy atom. The van der Waals surface area contributed by atoms with Gasteiger partial charge in [0.1, 0.15) is 0 Å². The minimum absolute atomic E-state index is 0.0420. The van der Waals surface area contributed by atoms with Crippen molar-refractivity contribution in [3.8, 4) is 0 Å². The van der Waals surface area contributed by atoms with Crippen molar-refractivity contribution in [3.05, 3.63) is 23.3 Å². The molecule has 17 heavy (non-hydrogen) atoms. The summed E-state index contributed by atoms with van der Waals surface area (Å²) in [6.07, 6.45) is 0. The number of hydrogen-bond donors (Lipinski definition) is 3. The highest BCUT2D eigenvalue weighted by atomic mass is 19.2. The van der Waals surface area contributed by atoms with Crippen LogP contribution in [0.15, 0.2) is 6.07 Å². The van der Waals surface area contributed by atoms with Crippen LogP contribution in [0, 0.1) is 24.0 Å². The van der Waals surface area contributed by atoms with Gasteiger partial charge in [0.15, 0.2) is 11.6 Å². The van der Waals surface area contributed by atoms with E-state index in [1.54, 1.807) is 0 Å². The predicted molar refractivity (Wildman–Crippen MR) is 66.8 cm³/mol. The normalized spacial score (nSPS) is 11.5. The van der Waals surface area contributed by atoms with Gasteiger partial charge >= 0.3 is 0 Å². The van der Waals surface area contributed by atoms with Gasteiger partial charge in [0.2, 0.25) is 0 Å². The van der Waals surface area contributed by atoms with Crippen LogP contribution in [-0.4, -0.2) is 6.54 Å². The minimum atomic E-state index is -0.901. The summed E-state index contributed by atoms with van der Waals surface area (Å²) in [4.78, 5) is 0. The van der Waals surface area contributed by atoms with Gasteiger partial charge in [-0.2, -0.15) is 0 Å². The molecule has 0 unspecified atom stereocenters. The van der Waals surface area contributed by atoms with Crippen molar-refractivity contribution in [2.24, 2.45) is 11.3 Å². The number of benzene rings is 1. The lowest BCUT2D eigenvalue weighted by atomic mass is 9.97. The fourth-order valence-electron chi connectivity index (χ4n) is 1.39. The van der Waals surface area contributed by atoms with E-state index >= 15 is 0 Å². The molecule has 0 bridgehead atoms. The summed E-state index contributed by atoms with van der Waals surface area (Å²) < 4.78 is 27.2. The second-order valence-corrected chi connectivity index (χ2v) is 5.30. The summed E-state index contributed by atoms with van der Waals surface area (Å²) in [6.45, 7) is 8.00. The Balaban J connectivity index is 3.09. The van der Waals surface area contributed by atoms with E-state index in [1.165, 1.54) is 13.0 Å². The number of halogens is 2. The first-order chi connectivity index (χ1) is 7.76. The first kappa shape index (κ1) is 13.7. The number of rotatable bonds is 3. The van der Waals surface area contributed by atoms with Crippen LogP contribution in [0.5, 0.6) is 0 Å². The summed E-state index contributed by atoms with van der Waals surface area (Å²) in [5.41, 5.74) is 2.98. The lowest BCUT2D eigenvalue weighted by Gasteiger charge is -2.22. The maximum Gasteiger partial charge on any atom is 0.184 e. The van der Waals surface area contributed by atoms with Crippen molar-refractivity contribution in [2.75, 3.05) is 17.3 Å². The first-order valence-corrected chi connectivity index (χ1v) is 5.45. The van der Waals surface area contributed by atoms with Gasteiger partial charge in [0.05, 0.1) is 11.4 Å². The van der Waals surface area contributed by atoms with Crippen molar-refractivity contribution in [3.63, 3.8) is 0 Å². The van der Waals surface area contributed by atoms with Gasteiger partial charge in [0.25, 0.3) is 0 Å². The second kappa shape index (κ2) is 4.87. The van der Waals surface area contributed by atoms with Crippen LogP contribution in [-0.2, 0) is 0 Å². The number of nitrogen functional groups attached to an aromatic ring is 1. The van der Waals surface area contributed by atoms with E-state index in [9.17, 15) is 8.78 Å². The molecule has 0 aromatic heterocycles. The van der Waals surface area contributed by atoms with E-state index in [-0.39, 0.29) is 16.7 Å². The van der Waals surface area contributed by atoms with E-state index in [0.29, 0.717) is 12.2 Å². The van der Waals surface area contributed by atoms with Crippen LogP contribution in [0.3, 0.4) is 0 Å². The fourth-order valence-corrected chi connectivity index (χ4v) is 1.39. The van der Waals surface area contributed by atoms with Gasteiger partial charge < -0.3 is 10.7 Å². The van der Waals surface area contributed by atoms with Gasteiger partial charge in [0, 0.05) is 6.54 Å². The van der Waals surface area contributed by atoms with Crippen LogP contribution in [0.1, 0.15) is 26.3 Å². The van der Waals surface area contributed by atoms with Crippen molar-refractivity contribution in [2.45, 2.75) is 27.7 Å². The molecule has 0 fully saturated rings. The summed E-state index contributed by atoms with van der Waals surface area (Å²) in [6, 6.07) is 1.48. The molecule has 1 aromatic rings. The molecule has 0 aliphatic heterocycles. The monoisotopic (exact) mass is 243 g/mol. The van der Waals surface area contributed by atoms with Crippen molar-refractivity contribution in [1.82, 2.24) is 0 Å². The van der Waals surface area contributed by atoms with E-state index in [0.717, 1.165) is 0 Å². The van der Waals surface area contributed by atoms with Crippen LogP contribution in [0.4, 0.5) is 20.2 Å². The molecule has 0 aliphatic carbocycles. The summed E-state index contributed by atoms with van der Waals surface area (Å²) in [5, 5.41) is 2.88. The van der Waals surface area contributed by atoms with Gasteiger partial charge in [-0.05, 0) is 24.0 Å². The standard InChI is InChI=1S/C12H19F2N3/c1-7-5-8(17-15)11(10(14)9(7)13)16-6-12(2,3)4/h5,16-17H,6,15H2,1-4H3. The third kappa shape index (κ3) is 3.30. The topological polar surface area (TPSA) is 50.1 Å². The zero-order valence-electron chi connectivity index (χ0n) is 10.6. The van der Waals surface area contributed by atoms with Gasteiger partial charge in [-0.3, -0.25) is 5.84 Å². The molecule has 0 heterocycles. The highest BCUT2D eigenvalue weighted by Crippen LogP contribution is 2.30. The lowest BCUT2D eigenvalue weighted by Crippen LogP contribution is -2.21. The van der Waals surface area contributed by atoms with E-state index in [1.807, 2.05) is 20.8 Å². The Kier molecular flexibility index (Phi) is 3.93. The molecule has 0 saturated carbocycles. The van der Waals surface area contributed by atoms with Crippen molar-refractivity contribution >= 4 is 11.4 Å². The van der Waals surface area contributed by atoms with Crippen molar-refractivity contribution in [1.29, 1.82) is 0 Å². The molecular formula is C12H19F2N3. The quantitative estimate of drug-likeness (QED) is 0.565. The molecule has 1 aromatic carbocycles. The van der Waals surface area contributed by atoms with Crippen LogP contribution in [0.25, 0.3) is 0 Å². The number of nitrogens with one attached hydrogen (secondary N) is 2. The summed E-state index contributed by atoms with van der Waals surface area (Å²) in [5.74, 6) is 3.55. The molecule has 0 radical (unpaired) electrons. The minimum Gasteiger partial charge on any atom is -0.380 e. The molecule has 0 amide bonds. The van der Waals surface area contributed by atoms with Gasteiger partial charge in [-0.1, -0.05) is 20.8 Å². The maximum absolute atomic E-state index is 13.8. The first-order valence-electron chi connectivity index (χ1n) is 5.45. The van der Waals surface area contributed by atoms with E-state index in [2.05, 4.69) is 10.7 Å². The Bertz CT molecular complexity index is 411. The average Bonchev–Trinajstić information content (AvgIpc) is 2.22. The Morgan fingerprint density at radius 2 is 1.82 bits per heavy atom. The predicted octanol–water partition coefficient (Wildman–Crippen LogP) is 3.02. The van der Waals surface area contributed by atoms with Crippen LogP contribution in [0.2, 0.25) is 0 Å². The molecule has 0 spiro atoms. The second-order valence-electron chi connectivity index (χ2n) is 5.30. The third-order valence-corrected chi connectivity index (χ3v) is 2.34. The number of hydrazine groups is 1. The SMILES string of the molecule is Cc1cc(NN)c(NCC(C)(C)C)c(F)c1F. The zero-order valence-corrected chi connectivity index (χ0v) is 10.6. The summed E-state index contributed by atoms with van der Waals surface area (Å²) in [7, 11) is 0. The Labute approximate surface area is 100 Å². The van der Waals surface area contributed by atoms with Gasteiger partial charge in [-0.15, -0.1) is 0 Å². The number of anilines is 2. The molecule has 5 heteroatoms. The van der Waals surface area contributed by atoms with Crippen molar-refractivity contribution < 1.29 is 8.78 Å². The molecule has 96 valence electrons. The molecule has 4 N–H and O–H groups in total. The van der Waals surface area contributed by atoms with E-state index < -0.39 is 11.6 Å². The van der Waals surface area contributed by atoms with Gasteiger partial charge in [-0.25, -0.2) is 8.78 Å². The highest BCUT2D eigenvalue weighted by Gasteiger charge is 2.18. The smallest absolute Gasteiger partial charge is 0.184 e. The van der Waals surface area contributed by atoms with Crippen LogP contribution < -0.4 is 16.6 Å². The lowest BCUT2D eigenvalue weighted by molar-refractivity contribution is 0.440. The largest absolute Gasteiger partial charge is 0.380 e. The van der Waals surface area contributed by atoms with Crippen LogP contribution >= 0.6 is 0 Å². The molecule has 0 saturated heterocycles. The Morgan fingerprint density at radius 3 is 2.29 bits per heavy atom. The molecule has 0 aliphatic rings. The summed E-state index contributed by atoms with van der Waals surface area (Å²) >= 11 is 0. The molecule has 0 atom stereocenters. The number of aryl methyl sites for hydroxylation is 1. The number of nitrogens with two attached hydrogens (primary N) is 1. The maximum atomic E-state index is 13.8. The number of hydrogen-bond acceptors (Lipinski definition) is 3. The molecular weight excluding hydrogens is 224 g/mol. The fraction of sp³-hybridized carbons (Fsp3) is 0.500. The Hall–Kier alpha value is -1.36. The highest BCUT2D eigenvalue weighted by molar-refractivity contribution is 5.70.